The van der Waals surface area contributed by atoms with Gasteiger partial charge in [0.15, 0.2) is 0 Å². The molecule has 5 nitrogen and oxygen atoms in total. The summed E-state index contributed by atoms with van der Waals surface area (Å²) in [6.07, 6.45) is -0.518. The van der Waals surface area contributed by atoms with E-state index in [4.69, 9.17) is 0 Å². The Morgan fingerprint density at radius 3 is 2.64 bits per heavy atom. The fraction of sp³-hybridized carbons (Fsp3) is 0.562. The van der Waals surface area contributed by atoms with E-state index in [9.17, 15) is 28.1 Å². The maximum atomic E-state index is 12.7. The normalized spacial score (nSPS) is 21.0. The average Bonchev–Trinajstić information content (AvgIpc) is 2.54. The molecule has 2 unspecified atom stereocenters. The summed E-state index contributed by atoms with van der Waals surface area (Å²) in [6, 6.07) is 2.42. The Morgan fingerprint density at radius 2 is 2.04 bits per heavy atom. The van der Waals surface area contributed by atoms with E-state index in [1.807, 2.05) is 0 Å². The van der Waals surface area contributed by atoms with Crippen LogP contribution in [0.15, 0.2) is 23.1 Å². The van der Waals surface area contributed by atoms with E-state index in [1.54, 1.807) is 0 Å². The molecule has 1 aromatic carbocycles. The van der Waals surface area contributed by atoms with Gasteiger partial charge in [-0.3, -0.25) is 14.9 Å². The van der Waals surface area contributed by atoms with Gasteiger partial charge in [-0.1, -0.05) is 19.8 Å². The Morgan fingerprint density at radius 1 is 1.36 bits per heavy atom. The number of alkyl halides is 3. The zero-order valence-corrected chi connectivity index (χ0v) is 14.5. The predicted molar refractivity (Wildman–Crippen MR) is 88.4 cm³/mol. The zero-order valence-electron chi connectivity index (χ0n) is 13.6. The molecular formula is C16H19F3N2O3S. The Bertz CT molecular complexity index is 652. The number of amides is 1. The molecule has 1 saturated carbocycles. The van der Waals surface area contributed by atoms with Crippen LogP contribution in [0.4, 0.5) is 18.9 Å². The first-order chi connectivity index (χ1) is 11.7. The van der Waals surface area contributed by atoms with Gasteiger partial charge in [0.2, 0.25) is 5.91 Å². The Labute approximate surface area is 147 Å². The summed E-state index contributed by atoms with van der Waals surface area (Å²) in [5, 5.41) is 13.9. The molecule has 0 heterocycles. The summed E-state index contributed by atoms with van der Waals surface area (Å²) in [6.45, 7) is 2.07. The number of thioether (sulfide) groups is 1. The van der Waals surface area contributed by atoms with E-state index in [1.165, 1.54) is 0 Å². The van der Waals surface area contributed by atoms with Crippen LogP contribution in [-0.2, 0) is 11.0 Å². The smallest absolute Gasteiger partial charge is 0.352 e. The molecule has 1 aliphatic carbocycles. The SMILES string of the molecule is CC1CCCCC1NC(=O)CSc1ccc(C(F)(F)F)cc1[N+](=O)[O-]. The monoisotopic (exact) mass is 376 g/mol. The summed E-state index contributed by atoms with van der Waals surface area (Å²) in [5.74, 6) is 0.0381. The second-order valence-electron chi connectivity index (χ2n) is 6.16. The largest absolute Gasteiger partial charge is 0.416 e. The lowest BCUT2D eigenvalue weighted by Gasteiger charge is -2.29. The quantitative estimate of drug-likeness (QED) is 0.470. The van der Waals surface area contributed by atoms with Crippen molar-refractivity contribution < 1.29 is 22.9 Å². The molecule has 1 amide bonds. The van der Waals surface area contributed by atoms with Gasteiger partial charge in [0, 0.05) is 12.1 Å². The molecule has 9 heteroatoms. The van der Waals surface area contributed by atoms with Crippen LogP contribution in [0.1, 0.15) is 38.2 Å². The highest BCUT2D eigenvalue weighted by Crippen LogP contribution is 2.36. The molecule has 0 spiro atoms. The van der Waals surface area contributed by atoms with E-state index in [-0.39, 0.29) is 22.6 Å². The first-order valence-corrected chi connectivity index (χ1v) is 8.95. The van der Waals surface area contributed by atoms with Crippen LogP contribution in [0, 0.1) is 16.0 Å². The van der Waals surface area contributed by atoms with Crippen LogP contribution in [0.3, 0.4) is 0 Å². The molecule has 1 N–H and O–H groups in total. The molecule has 1 aliphatic rings. The second-order valence-corrected chi connectivity index (χ2v) is 7.18. The van der Waals surface area contributed by atoms with Crippen molar-refractivity contribution >= 4 is 23.4 Å². The van der Waals surface area contributed by atoms with E-state index in [0.717, 1.165) is 49.6 Å². The van der Waals surface area contributed by atoms with Crippen molar-refractivity contribution in [2.45, 2.75) is 49.7 Å². The van der Waals surface area contributed by atoms with Crippen LogP contribution in [0.25, 0.3) is 0 Å². The molecular weight excluding hydrogens is 357 g/mol. The number of nitrogens with zero attached hydrogens (tertiary/aromatic N) is 1. The van der Waals surface area contributed by atoms with Crippen LogP contribution >= 0.6 is 11.8 Å². The van der Waals surface area contributed by atoms with Crippen molar-refractivity contribution in [1.82, 2.24) is 5.32 Å². The van der Waals surface area contributed by atoms with Crippen LogP contribution < -0.4 is 5.32 Å². The Kier molecular flexibility index (Phi) is 6.31. The number of halogens is 3. The number of carbonyl (C=O) groups is 1. The first kappa shape index (κ1) is 19.6. The minimum Gasteiger partial charge on any atom is -0.352 e. The topological polar surface area (TPSA) is 72.2 Å². The third-order valence-electron chi connectivity index (χ3n) is 4.30. The molecule has 25 heavy (non-hydrogen) atoms. The maximum absolute atomic E-state index is 12.7. The van der Waals surface area contributed by atoms with Gasteiger partial charge in [0.25, 0.3) is 5.69 Å². The molecule has 0 aliphatic heterocycles. The van der Waals surface area contributed by atoms with Gasteiger partial charge >= 0.3 is 6.18 Å². The van der Waals surface area contributed by atoms with Gasteiger partial charge in [0.05, 0.1) is 21.1 Å². The standard InChI is InChI=1S/C16H19F3N2O3S/c1-10-4-2-3-5-12(10)20-15(22)9-25-14-7-6-11(16(17,18)19)8-13(14)21(23)24/h6-8,10,12H,2-5,9H2,1H3,(H,20,22). The zero-order chi connectivity index (χ0) is 18.6. The van der Waals surface area contributed by atoms with Crippen molar-refractivity contribution in [3.05, 3.63) is 33.9 Å². The van der Waals surface area contributed by atoms with Gasteiger partial charge in [-0.2, -0.15) is 13.2 Å². The summed E-state index contributed by atoms with van der Waals surface area (Å²) in [4.78, 5) is 22.3. The first-order valence-electron chi connectivity index (χ1n) is 7.96. The van der Waals surface area contributed by atoms with Gasteiger partial charge in [0.1, 0.15) is 0 Å². The molecule has 138 valence electrons. The molecule has 0 bridgehead atoms. The Hall–Kier alpha value is -1.77. The number of hydrogen-bond acceptors (Lipinski definition) is 4. The van der Waals surface area contributed by atoms with Crippen LogP contribution in [-0.4, -0.2) is 22.6 Å². The van der Waals surface area contributed by atoms with Crippen molar-refractivity contribution in [2.75, 3.05) is 5.75 Å². The lowest BCUT2D eigenvalue weighted by atomic mass is 9.86. The highest BCUT2D eigenvalue weighted by atomic mass is 32.2. The minimum atomic E-state index is -4.65. The summed E-state index contributed by atoms with van der Waals surface area (Å²) in [7, 11) is 0. The number of nitro benzene ring substituents is 1. The van der Waals surface area contributed by atoms with Gasteiger partial charge in [-0.15, -0.1) is 11.8 Å². The second kappa shape index (κ2) is 8.07. The fourth-order valence-corrected chi connectivity index (χ4v) is 3.70. The van der Waals surface area contributed by atoms with E-state index in [2.05, 4.69) is 12.2 Å². The third kappa shape index (κ3) is 5.35. The van der Waals surface area contributed by atoms with E-state index < -0.39 is 22.4 Å². The van der Waals surface area contributed by atoms with Crippen molar-refractivity contribution in [3.63, 3.8) is 0 Å². The van der Waals surface area contributed by atoms with Gasteiger partial charge in [-0.25, -0.2) is 0 Å². The summed E-state index contributed by atoms with van der Waals surface area (Å²) in [5.41, 5.74) is -1.72. The third-order valence-corrected chi connectivity index (χ3v) is 5.36. The van der Waals surface area contributed by atoms with Crippen molar-refractivity contribution in [3.8, 4) is 0 Å². The number of carbonyl (C=O) groups excluding carboxylic acids is 1. The van der Waals surface area contributed by atoms with Crippen molar-refractivity contribution in [2.24, 2.45) is 5.92 Å². The average molecular weight is 376 g/mol. The van der Waals surface area contributed by atoms with Crippen molar-refractivity contribution in [1.29, 1.82) is 0 Å². The summed E-state index contributed by atoms with van der Waals surface area (Å²) < 4.78 is 38.0. The fourth-order valence-electron chi connectivity index (χ4n) is 2.88. The Balaban J connectivity index is 2.02. The van der Waals surface area contributed by atoms with Crippen LogP contribution in [0.5, 0.6) is 0 Å². The molecule has 0 aromatic heterocycles. The van der Waals surface area contributed by atoms with Gasteiger partial charge < -0.3 is 5.32 Å². The maximum Gasteiger partial charge on any atom is 0.416 e. The number of nitro groups is 1. The number of benzene rings is 1. The lowest BCUT2D eigenvalue weighted by Crippen LogP contribution is -2.41. The molecule has 1 fully saturated rings. The molecule has 2 atom stereocenters. The molecule has 0 radical (unpaired) electrons. The molecule has 2 rings (SSSR count). The predicted octanol–water partition coefficient (Wildman–Crippen LogP) is 4.40. The lowest BCUT2D eigenvalue weighted by molar-refractivity contribution is -0.388. The minimum absolute atomic E-state index is 0.0462. The van der Waals surface area contributed by atoms with Crippen LogP contribution in [0.2, 0.25) is 0 Å². The van der Waals surface area contributed by atoms with E-state index >= 15 is 0 Å². The van der Waals surface area contributed by atoms with E-state index in [0.29, 0.717) is 12.0 Å². The number of hydrogen-bond donors (Lipinski definition) is 1. The number of nitrogens with one attached hydrogen (secondary N) is 1. The molecule has 1 aromatic rings. The summed E-state index contributed by atoms with van der Waals surface area (Å²) >= 11 is 0.872. The number of rotatable bonds is 5. The molecule has 0 saturated heterocycles. The van der Waals surface area contributed by atoms with Gasteiger partial charge in [-0.05, 0) is 30.9 Å². The highest BCUT2D eigenvalue weighted by molar-refractivity contribution is 8.00. The highest BCUT2D eigenvalue weighted by Gasteiger charge is 2.33.